The van der Waals surface area contributed by atoms with Crippen molar-refractivity contribution in [1.82, 2.24) is 0 Å². The zero-order valence-corrected chi connectivity index (χ0v) is 13.3. The molecule has 20 heavy (non-hydrogen) atoms. The zero-order valence-electron chi connectivity index (χ0n) is 10.9. The number of hydrogen-bond donors (Lipinski definition) is 1. The van der Waals surface area contributed by atoms with Gasteiger partial charge in [-0.15, -0.1) is 0 Å². The molecule has 0 saturated carbocycles. The highest BCUT2D eigenvalue weighted by Crippen LogP contribution is 2.33. The molecule has 2 aromatic rings. The van der Waals surface area contributed by atoms with Crippen molar-refractivity contribution in [3.63, 3.8) is 0 Å². The maximum Gasteiger partial charge on any atom is 0.339 e. The fraction of sp³-hybridized carbons (Fsp3) is 0.133. The predicted octanol–water partition coefficient (Wildman–Crippen LogP) is 4.36. The summed E-state index contributed by atoms with van der Waals surface area (Å²) in [6, 6.07) is 13.2. The lowest BCUT2D eigenvalue weighted by Gasteiger charge is -2.09. The second-order valence-corrected chi connectivity index (χ2v) is 6.07. The molecule has 2 aromatic carbocycles. The summed E-state index contributed by atoms with van der Waals surface area (Å²) in [6.45, 7) is 2.12. The number of esters is 1. The van der Waals surface area contributed by atoms with E-state index < -0.39 is 0 Å². The van der Waals surface area contributed by atoms with Crippen molar-refractivity contribution >= 4 is 39.3 Å². The summed E-state index contributed by atoms with van der Waals surface area (Å²) in [7, 11) is 0. The first kappa shape index (κ1) is 14.9. The van der Waals surface area contributed by atoms with E-state index in [2.05, 4.69) is 15.9 Å². The fourth-order valence-electron chi connectivity index (χ4n) is 1.66. The molecule has 0 aliphatic carbocycles. The van der Waals surface area contributed by atoms with E-state index in [1.165, 1.54) is 11.8 Å². The van der Waals surface area contributed by atoms with Crippen LogP contribution in [0.2, 0.25) is 0 Å². The average Bonchev–Trinajstić information content (AvgIpc) is 2.41. The Morgan fingerprint density at radius 1 is 1.30 bits per heavy atom. The molecular weight excluding hydrogens is 338 g/mol. The largest absolute Gasteiger partial charge is 0.462 e. The Kier molecular flexibility index (Phi) is 5.09. The molecular formula is C15H14BrNO2S. The first-order valence-electron chi connectivity index (χ1n) is 6.10. The van der Waals surface area contributed by atoms with Gasteiger partial charge in [0.05, 0.1) is 12.2 Å². The number of halogens is 1. The van der Waals surface area contributed by atoms with Gasteiger partial charge in [-0.2, -0.15) is 0 Å². The number of rotatable bonds is 4. The quantitative estimate of drug-likeness (QED) is 0.656. The Morgan fingerprint density at radius 2 is 2.10 bits per heavy atom. The Bertz CT molecular complexity index is 631. The van der Waals surface area contributed by atoms with E-state index in [4.69, 9.17) is 10.5 Å². The summed E-state index contributed by atoms with van der Waals surface area (Å²) in [4.78, 5) is 13.8. The smallest absolute Gasteiger partial charge is 0.339 e. The number of carbonyl (C=O) groups excluding carboxylic acids is 1. The first-order valence-corrected chi connectivity index (χ1v) is 7.71. The molecule has 0 spiro atoms. The summed E-state index contributed by atoms with van der Waals surface area (Å²) < 4.78 is 6.06. The predicted molar refractivity (Wildman–Crippen MR) is 85.1 cm³/mol. The third kappa shape index (κ3) is 3.77. The third-order valence-corrected chi connectivity index (χ3v) is 4.08. The van der Waals surface area contributed by atoms with Crippen LogP contribution in [0.4, 0.5) is 5.69 Å². The fourth-order valence-corrected chi connectivity index (χ4v) is 3.19. The summed E-state index contributed by atoms with van der Waals surface area (Å²) in [5.74, 6) is -0.350. The van der Waals surface area contributed by atoms with Crippen molar-refractivity contribution in [3.8, 4) is 0 Å². The number of carbonyl (C=O) groups is 1. The van der Waals surface area contributed by atoms with Crippen molar-refractivity contribution in [1.29, 1.82) is 0 Å². The molecule has 104 valence electrons. The van der Waals surface area contributed by atoms with Crippen molar-refractivity contribution < 1.29 is 9.53 Å². The summed E-state index contributed by atoms with van der Waals surface area (Å²) in [5, 5.41) is 0. The average molecular weight is 352 g/mol. The van der Waals surface area contributed by atoms with Gasteiger partial charge >= 0.3 is 5.97 Å². The number of nitrogen functional groups attached to an aromatic ring is 1. The Hall–Kier alpha value is -1.46. The zero-order chi connectivity index (χ0) is 14.5. The van der Waals surface area contributed by atoms with Crippen LogP contribution in [0, 0.1) is 0 Å². The van der Waals surface area contributed by atoms with E-state index in [-0.39, 0.29) is 5.97 Å². The van der Waals surface area contributed by atoms with Crippen LogP contribution in [0.3, 0.4) is 0 Å². The monoisotopic (exact) mass is 351 g/mol. The Morgan fingerprint density at radius 3 is 2.80 bits per heavy atom. The van der Waals surface area contributed by atoms with E-state index in [0.29, 0.717) is 17.9 Å². The highest BCUT2D eigenvalue weighted by atomic mass is 79.9. The maximum absolute atomic E-state index is 12.0. The lowest BCUT2D eigenvalue weighted by molar-refractivity contribution is 0.0522. The number of anilines is 1. The Balaban J connectivity index is 2.33. The topological polar surface area (TPSA) is 52.3 Å². The third-order valence-electron chi connectivity index (χ3n) is 2.52. The molecule has 0 amide bonds. The highest BCUT2D eigenvalue weighted by Gasteiger charge is 2.14. The summed E-state index contributed by atoms with van der Waals surface area (Å²) in [6.07, 6.45) is 0. The summed E-state index contributed by atoms with van der Waals surface area (Å²) in [5.41, 5.74) is 6.80. The molecule has 0 unspecified atom stereocenters. The van der Waals surface area contributed by atoms with Crippen LogP contribution in [0.15, 0.2) is 56.7 Å². The van der Waals surface area contributed by atoms with Crippen LogP contribution < -0.4 is 5.73 Å². The van der Waals surface area contributed by atoms with Crippen LogP contribution in [0.1, 0.15) is 17.3 Å². The van der Waals surface area contributed by atoms with Gasteiger partial charge < -0.3 is 10.5 Å². The van der Waals surface area contributed by atoms with Gasteiger partial charge in [0.2, 0.25) is 0 Å². The molecule has 0 bridgehead atoms. The molecule has 0 atom stereocenters. The number of ether oxygens (including phenoxy) is 1. The molecule has 2 rings (SSSR count). The second-order valence-electron chi connectivity index (χ2n) is 4.04. The van der Waals surface area contributed by atoms with Crippen LogP contribution in [-0.4, -0.2) is 12.6 Å². The van der Waals surface area contributed by atoms with E-state index in [1.807, 2.05) is 30.3 Å². The van der Waals surface area contributed by atoms with Gasteiger partial charge in [0.15, 0.2) is 0 Å². The van der Waals surface area contributed by atoms with E-state index in [0.717, 1.165) is 14.3 Å². The van der Waals surface area contributed by atoms with Crippen LogP contribution >= 0.6 is 27.7 Å². The summed E-state index contributed by atoms with van der Waals surface area (Å²) >= 11 is 4.94. The molecule has 5 heteroatoms. The van der Waals surface area contributed by atoms with Gasteiger partial charge in [0, 0.05) is 20.0 Å². The SMILES string of the molecule is CCOC(=O)c1cc(N)ccc1Sc1cccc(Br)c1. The van der Waals surface area contributed by atoms with Crippen molar-refractivity contribution in [2.45, 2.75) is 16.7 Å². The van der Waals surface area contributed by atoms with Crippen LogP contribution in [0.5, 0.6) is 0 Å². The molecule has 0 aliphatic rings. The second kappa shape index (κ2) is 6.81. The van der Waals surface area contributed by atoms with Gasteiger partial charge in [-0.05, 0) is 43.3 Å². The molecule has 0 radical (unpaired) electrons. The van der Waals surface area contributed by atoms with E-state index >= 15 is 0 Å². The van der Waals surface area contributed by atoms with Gasteiger partial charge in [0.25, 0.3) is 0 Å². The minimum atomic E-state index is -0.350. The Labute approximate surface area is 130 Å². The molecule has 0 aliphatic heterocycles. The molecule has 0 fully saturated rings. The highest BCUT2D eigenvalue weighted by molar-refractivity contribution is 9.10. The molecule has 3 nitrogen and oxygen atoms in total. The molecule has 0 saturated heterocycles. The van der Waals surface area contributed by atoms with E-state index in [9.17, 15) is 4.79 Å². The van der Waals surface area contributed by atoms with Gasteiger partial charge in [0.1, 0.15) is 0 Å². The van der Waals surface area contributed by atoms with Crippen molar-refractivity contribution in [2.24, 2.45) is 0 Å². The minimum absolute atomic E-state index is 0.342. The van der Waals surface area contributed by atoms with Crippen molar-refractivity contribution in [2.75, 3.05) is 12.3 Å². The van der Waals surface area contributed by atoms with Crippen LogP contribution in [0.25, 0.3) is 0 Å². The number of nitrogens with two attached hydrogens (primary N) is 1. The lowest BCUT2D eigenvalue weighted by Crippen LogP contribution is -2.06. The van der Waals surface area contributed by atoms with Crippen molar-refractivity contribution in [3.05, 3.63) is 52.5 Å². The first-order chi connectivity index (χ1) is 9.60. The number of hydrogen-bond acceptors (Lipinski definition) is 4. The molecule has 0 aromatic heterocycles. The van der Waals surface area contributed by atoms with Gasteiger partial charge in [-0.3, -0.25) is 0 Å². The van der Waals surface area contributed by atoms with Crippen LogP contribution in [-0.2, 0) is 4.74 Å². The normalized spacial score (nSPS) is 10.3. The standard InChI is InChI=1S/C15H14BrNO2S/c1-2-19-15(18)13-9-11(17)6-7-14(13)20-12-5-3-4-10(16)8-12/h3-9H,2,17H2,1H3. The van der Waals surface area contributed by atoms with E-state index in [1.54, 1.807) is 19.1 Å². The van der Waals surface area contributed by atoms with Gasteiger partial charge in [-0.1, -0.05) is 33.8 Å². The van der Waals surface area contributed by atoms with Gasteiger partial charge in [-0.25, -0.2) is 4.79 Å². The molecule has 0 heterocycles. The number of benzene rings is 2. The lowest BCUT2D eigenvalue weighted by atomic mass is 10.2. The maximum atomic E-state index is 12.0. The molecule has 2 N–H and O–H groups in total. The minimum Gasteiger partial charge on any atom is -0.462 e.